The fraction of sp³-hybridized carbons (Fsp3) is 0.632. The molecule has 1 saturated heterocycles. The first-order valence-electron chi connectivity index (χ1n) is 9.10. The molecule has 148 valence electrons. The lowest BCUT2D eigenvalue weighted by Gasteiger charge is -2.21. The van der Waals surface area contributed by atoms with Crippen LogP contribution in [0.25, 0.3) is 0 Å². The van der Waals surface area contributed by atoms with Crippen molar-refractivity contribution in [2.45, 2.75) is 19.8 Å². The first-order chi connectivity index (χ1) is 12.2. The Kier molecular flexibility index (Phi) is 11.6. The van der Waals surface area contributed by atoms with Crippen LogP contribution in [-0.2, 0) is 15.9 Å². The zero-order valence-corrected chi connectivity index (χ0v) is 18.1. The summed E-state index contributed by atoms with van der Waals surface area (Å²) in [6.45, 7) is 7.73. The summed E-state index contributed by atoms with van der Waals surface area (Å²) < 4.78 is 10.7. The fourth-order valence-corrected chi connectivity index (χ4v) is 2.98. The van der Waals surface area contributed by atoms with E-state index in [2.05, 4.69) is 17.1 Å². The molecule has 1 heterocycles. The Hall–Kier alpha value is -1.06. The number of nitrogens with one attached hydrogen (secondary N) is 1. The molecule has 0 amide bonds. The fourth-order valence-electron chi connectivity index (χ4n) is 2.98. The van der Waals surface area contributed by atoms with E-state index >= 15 is 0 Å². The van der Waals surface area contributed by atoms with Gasteiger partial charge in [0.1, 0.15) is 5.75 Å². The number of guanidine groups is 1. The minimum atomic E-state index is 0. The van der Waals surface area contributed by atoms with Crippen molar-refractivity contribution in [1.82, 2.24) is 10.2 Å². The number of rotatable bonds is 9. The number of hydrogen-bond donors (Lipinski definition) is 2. The third kappa shape index (κ3) is 8.09. The van der Waals surface area contributed by atoms with E-state index in [0.717, 1.165) is 50.6 Å². The molecule has 0 radical (unpaired) electrons. The highest BCUT2D eigenvalue weighted by Crippen LogP contribution is 2.17. The van der Waals surface area contributed by atoms with Crippen LogP contribution >= 0.6 is 24.0 Å². The topological polar surface area (TPSA) is 66.3 Å². The standard InChI is InChI=1S/C19H31N3O3.HI/c1-3-20-19(21-9-7-16-5-4-6-18(23)13-16)22-10-8-17(14-22)15-25-12-11-24-2;/h4-6,13,17,23H,3,7-12,14-15H2,1-2H3,(H,20,21);1H. The van der Waals surface area contributed by atoms with Gasteiger partial charge in [0.05, 0.1) is 19.8 Å². The number of aliphatic imine (C=N–C) groups is 1. The molecule has 1 aromatic carbocycles. The number of benzene rings is 1. The summed E-state index contributed by atoms with van der Waals surface area (Å²) >= 11 is 0. The monoisotopic (exact) mass is 477 g/mol. The molecule has 1 atom stereocenters. The second-order valence-corrected chi connectivity index (χ2v) is 6.32. The maximum atomic E-state index is 9.54. The number of nitrogens with zero attached hydrogens (tertiary/aromatic N) is 2. The van der Waals surface area contributed by atoms with E-state index in [0.29, 0.717) is 31.4 Å². The maximum absolute atomic E-state index is 9.54. The zero-order valence-electron chi connectivity index (χ0n) is 15.8. The highest BCUT2D eigenvalue weighted by molar-refractivity contribution is 14.0. The number of hydrogen-bond acceptors (Lipinski definition) is 4. The Morgan fingerprint density at radius 1 is 1.38 bits per heavy atom. The first-order valence-corrected chi connectivity index (χ1v) is 9.10. The SMILES string of the molecule is CCNC(=NCCc1cccc(O)c1)N1CCC(COCCOC)C1.I. The van der Waals surface area contributed by atoms with E-state index in [4.69, 9.17) is 14.5 Å². The van der Waals surface area contributed by atoms with Gasteiger partial charge in [0.2, 0.25) is 0 Å². The Balaban J connectivity index is 0.00000338. The summed E-state index contributed by atoms with van der Waals surface area (Å²) in [5, 5.41) is 12.9. The molecule has 0 aromatic heterocycles. The van der Waals surface area contributed by atoms with Gasteiger partial charge in [-0.1, -0.05) is 12.1 Å². The molecule has 0 bridgehead atoms. The van der Waals surface area contributed by atoms with Crippen LogP contribution in [0.4, 0.5) is 0 Å². The lowest BCUT2D eigenvalue weighted by molar-refractivity contribution is 0.0536. The van der Waals surface area contributed by atoms with Gasteiger partial charge in [-0.05, 0) is 37.5 Å². The summed E-state index contributed by atoms with van der Waals surface area (Å²) in [5.41, 5.74) is 1.10. The van der Waals surface area contributed by atoms with Gasteiger partial charge in [0.15, 0.2) is 5.96 Å². The van der Waals surface area contributed by atoms with Crippen molar-refractivity contribution in [3.8, 4) is 5.75 Å². The minimum absolute atomic E-state index is 0. The van der Waals surface area contributed by atoms with E-state index in [1.165, 1.54) is 0 Å². The summed E-state index contributed by atoms with van der Waals surface area (Å²) in [5.74, 6) is 1.83. The van der Waals surface area contributed by atoms with Crippen LogP contribution in [0.3, 0.4) is 0 Å². The lowest BCUT2D eigenvalue weighted by Crippen LogP contribution is -2.40. The van der Waals surface area contributed by atoms with Crippen LogP contribution in [0, 0.1) is 5.92 Å². The zero-order chi connectivity index (χ0) is 17.9. The summed E-state index contributed by atoms with van der Waals surface area (Å²) in [7, 11) is 1.69. The van der Waals surface area contributed by atoms with Crippen molar-refractivity contribution in [2.24, 2.45) is 10.9 Å². The normalized spacial score (nSPS) is 17.2. The predicted molar refractivity (Wildman–Crippen MR) is 116 cm³/mol. The molecule has 7 heteroatoms. The number of likely N-dealkylation sites (tertiary alicyclic amines) is 1. The molecule has 2 N–H and O–H groups in total. The third-order valence-electron chi connectivity index (χ3n) is 4.28. The number of phenolic OH excluding ortho intramolecular Hbond substituents is 1. The van der Waals surface area contributed by atoms with E-state index in [-0.39, 0.29) is 24.0 Å². The minimum Gasteiger partial charge on any atom is -0.508 e. The number of halogens is 1. The molecule has 0 spiro atoms. The van der Waals surface area contributed by atoms with E-state index in [9.17, 15) is 5.11 Å². The third-order valence-corrected chi connectivity index (χ3v) is 4.28. The number of aromatic hydroxyl groups is 1. The molecule has 1 unspecified atom stereocenters. The van der Waals surface area contributed by atoms with Gasteiger partial charge < -0.3 is 24.8 Å². The second kappa shape index (κ2) is 13.2. The molecule has 1 fully saturated rings. The Morgan fingerprint density at radius 3 is 2.96 bits per heavy atom. The molecule has 0 aliphatic carbocycles. The van der Waals surface area contributed by atoms with Gasteiger partial charge in [0.25, 0.3) is 0 Å². The highest BCUT2D eigenvalue weighted by atomic mass is 127. The number of ether oxygens (including phenoxy) is 2. The molecule has 6 nitrogen and oxygen atoms in total. The largest absolute Gasteiger partial charge is 0.508 e. The number of methoxy groups -OCH3 is 1. The molecule has 1 aliphatic heterocycles. The molecule has 26 heavy (non-hydrogen) atoms. The predicted octanol–water partition coefficient (Wildman–Crippen LogP) is 2.50. The van der Waals surface area contributed by atoms with E-state index < -0.39 is 0 Å². The van der Waals surface area contributed by atoms with Crippen LogP contribution in [0.15, 0.2) is 29.3 Å². The van der Waals surface area contributed by atoms with Crippen LogP contribution < -0.4 is 5.32 Å². The van der Waals surface area contributed by atoms with Crippen molar-refractivity contribution in [3.05, 3.63) is 29.8 Å². The Morgan fingerprint density at radius 2 is 2.23 bits per heavy atom. The van der Waals surface area contributed by atoms with Crippen LogP contribution in [0.1, 0.15) is 18.9 Å². The van der Waals surface area contributed by atoms with Crippen molar-refractivity contribution >= 4 is 29.9 Å². The number of phenols is 1. The molecule has 0 saturated carbocycles. The van der Waals surface area contributed by atoms with Gasteiger partial charge in [-0.2, -0.15) is 0 Å². The maximum Gasteiger partial charge on any atom is 0.193 e. The first kappa shape index (κ1) is 23.0. The van der Waals surface area contributed by atoms with Gasteiger partial charge in [-0.3, -0.25) is 4.99 Å². The van der Waals surface area contributed by atoms with E-state index in [1.54, 1.807) is 19.2 Å². The van der Waals surface area contributed by atoms with Gasteiger partial charge in [-0.25, -0.2) is 0 Å². The van der Waals surface area contributed by atoms with Crippen molar-refractivity contribution in [2.75, 3.05) is 53.1 Å². The van der Waals surface area contributed by atoms with Crippen molar-refractivity contribution < 1.29 is 14.6 Å². The average Bonchev–Trinajstić information content (AvgIpc) is 3.07. The van der Waals surface area contributed by atoms with Gasteiger partial charge in [-0.15, -0.1) is 24.0 Å². The Labute approximate surface area is 174 Å². The van der Waals surface area contributed by atoms with Crippen LogP contribution in [0.2, 0.25) is 0 Å². The molecule has 1 aromatic rings. The van der Waals surface area contributed by atoms with Crippen molar-refractivity contribution in [3.63, 3.8) is 0 Å². The summed E-state index contributed by atoms with van der Waals surface area (Å²) in [6.07, 6.45) is 1.95. The van der Waals surface area contributed by atoms with Gasteiger partial charge in [0, 0.05) is 39.2 Å². The summed E-state index contributed by atoms with van der Waals surface area (Å²) in [6, 6.07) is 7.38. The Bertz CT molecular complexity index is 543. The molecular weight excluding hydrogens is 445 g/mol. The lowest BCUT2D eigenvalue weighted by atomic mass is 10.1. The van der Waals surface area contributed by atoms with Crippen LogP contribution in [-0.4, -0.2) is 69.1 Å². The molecule has 2 rings (SSSR count). The highest BCUT2D eigenvalue weighted by Gasteiger charge is 2.24. The summed E-state index contributed by atoms with van der Waals surface area (Å²) in [4.78, 5) is 7.07. The molecule has 1 aliphatic rings. The van der Waals surface area contributed by atoms with Crippen LogP contribution in [0.5, 0.6) is 5.75 Å². The quantitative estimate of drug-likeness (QED) is 0.248. The van der Waals surface area contributed by atoms with Crippen molar-refractivity contribution in [1.29, 1.82) is 0 Å². The smallest absolute Gasteiger partial charge is 0.193 e. The second-order valence-electron chi connectivity index (χ2n) is 6.32. The van der Waals surface area contributed by atoms with Gasteiger partial charge >= 0.3 is 0 Å². The van der Waals surface area contributed by atoms with E-state index in [1.807, 2.05) is 12.1 Å². The average molecular weight is 477 g/mol. The molecular formula is C19H32IN3O3.